The van der Waals surface area contributed by atoms with Crippen LogP contribution in [-0.4, -0.2) is 31.5 Å². The van der Waals surface area contributed by atoms with E-state index in [1.807, 2.05) is 64.8 Å². The monoisotopic (exact) mass is 425 g/mol. The molecule has 1 aromatic carbocycles. The topological polar surface area (TPSA) is 38.1 Å². The van der Waals surface area contributed by atoms with E-state index in [1.54, 1.807) is 16.2 Å². The van der Waals surface area contributed by atoms with Gasteiger partial charge in [0.05, 0.1) is 15.5 Å². The van der Waals surface area contributed by atoms with Crippen molar-refractivity contribution in [3.63, 3.8) is 0 Å². The Balaban J connectivity index is 1.73. The second kappa shape index (κ2) is 8.43. The highest BCUT2D eigenvalue weighted by atomic mass is 32.2. The molecule has 0 unspecified atom stereocenters. The summed E-state index contributed by atoms with van der Waals surface area (Å²) in [5, 5.41) is 6.83. The molecule has 4 rings (SSSR count). The average molecular weight is 426 g/mol. The third-order valence-corrected chi connectivity index (χ3v) is 6.67. The molecular weight excluding hydrogens is 406 g/mol. The minimum absolute atomic E-state index is 0.00644. The maximum absolute atomic E-state index is 12.8. The Kier molecular flexibility index (Phi) is 5.75. The number of para-hydroxylation sites is 1. The zero-order valence-corrected chi connectivity index (χ0v) is 17.8. The molecule has 4 nitrogen and oxygen atoms in total. The fraction of sp³-hybridized carbons (Fsp3) is 0.190. The molecule has 0 atom stereocenters. The van der Waals surface area contributed by atoms with Crippen molar-refractivity contribution in [2.75, 3.05) is 6.54 Å². The van der Waals surface area contributed by atoms with Crippen molar-refractivity contribution in [1.82, 2.24) is 14.7 Å². The zero-order valence-electron chi connectivity index (χ0n) is 15.4. The summed E-state index contributed by atoms with van der Waals surface area (Å²) >= 11 is 8.44. The smallest absolute Gasteiger partial charge is 0.266 e. The summed E-state index contributed by atoms with van der Waals surface area (Å²) in [7, 11) is 0. The van der Waals surface area contributed by atoms with Gasteiger partial charge in [-0.2, -0.15) is 5.10 Å². The molecule has 3 aromatic rings. The fourth-order valence-corrected chi connectivity index (χ4v) is 4.99. The van der Waals surface area contributed by atoms with Gasteiger partial charge >= 0.3 is 0 Å². The van der Waals surface area contributed by atoms with Crippen LogP contribution >= 0.6 is 35.3 Å². The van der Waals surface area contributed by atoms with Crippen LogP contribution in [-0.2, 0) is 4.79 Å². The van der Waals surface area contributed by atoms with Crippen LogP contribution in [0.3, 0.4) is 0 Å². The van der Waals surface area contributed by atoms with Crippen molar-refractivity contribution in [1.29, 1.82) is 0 Å². The summed E-state index contributed by atoms with van der Waals surface area (Å²) in [6.07, 6.45) is 5.88. The van der Waals surface area contributed by atoms with Crippen LogP contribution in [0.5, 0.6) is 0 Å². The first kappa shape index (κ1) is 19.1. The predicted octanol–water partition coefficient (Wildman–Crippen LogP) is 5.60. The van der Waals surface area contributed by atoms with E-state index in [9.17, 15) is 4.79 Å². The minimum atomic E-state index is -0.00644. The lowest BCUT2D eigenvalue weighted by Gasteiger charge is -2.12. The number of amides is 1. The maximum Gasteiger partial charge on any atom is 0.266 e. The maximum atomic E-state index is 12.8. The van der Waals surface area contributed by atoms with Crippen LogP contribution < -0.4 is 0 Å². The van der Waals surface area contributed by atoms with Crippen LogP contribution in [0.1, 0.15) is 25.3 Å². The number of benzene rings is 1. The van der Waals surface area contributed by atoms with Crippen molar-refractivity contribution in [2.45, 2.75) is 19.8 Å². The molecule has 3 heterocycles. The number of carbonyl (C=O) groups excluding carboxylic acids is 1. The van der Waals surface area contributed by atoms with E-state index in [0.29, 0.717) is 15.8 Å². The number of unbranched alkanes of at least 4 members (excludes halogenated alkanes) is 1. The number of hydrogen-bond donors (Lipinski definition) is 0. The first-order valence-corrected chi connectivity index (χ1v) is 11.2. The van der Waals surface area contributed by atoms with E-state index in [4.69, 9.17) is 17.3 Å². The van der Waals surface area contributed by atoms with E-state index < -0.39 is 0 Å². The minimum Gasteiger partial charge on any atom is -0.293 e. The molecule has 2 aromatic heterocycles. The average Bonchev–Trinajstić information content (AvgIpc) is 3.42. The normalized spacial score (nSPS) is 15.8. The molecule has 0 bridgehead atoms. The van der Waals surface area contributed by atoms with Gasteiger partial charge < -0.3 is 0 Å². The highest BCUT2D eigenvalue weighted by Gasteiger charge is 2.31. The van der Waals surface area contributed by atoms with E-state index in [1.165, 1.54) is 11.8 Å². The molecule has 28 heavy (non-hydrogen) atoms. The Morgan fingerprint density at radius 1 is 1.18 bits per heavy atom. The number of thioether (sulfide) groups is 1. The first-order valence-electron chi connectivity index (χ1n) is 9.11. The first-order chi connectivity index (χ1) is 13.7. The zero-order chi connectivity index (χ0) is 19.5. The molecule has 1 fully saturated rings. The van der Waals surface area contributed by atoms with Gasteiger partial charge in [0.15, 0.2) is 0 Å². The standard InChI is InChI=1S/C21H19N3OS3/c1-2-3-11-23-20(25)18(28-21(23)26)13-15-14-24(16-8-5-4-6-9-16)22-19(15)17-10-7-12-27-17/h4-10,12-14H,2-3,11H2,1H3/b18-13-. The summed E-state index contributed by atoms with van der Waals surface area (Å²) in [5.41, 5.74) is 2.77. The molecule has 1 amide bonds. The summed E-state index contributed by atoms with van der Waals surface area (Å²) in [6.45, 7) is 2.79. The van der Waals surface area contributed by atoms with Gasteiger partial charge in [-0.05, 0) is 36.1 Å². The van der Waals surface area contributed by atoms with Crippen molar-refractivity contribution in [3.05, 3.63) is 64.5 Å². The van der Waals surface area contributed by atoms with E-state index >= 15 is 0 Å². The van der Waals surface area contributed by atoms with Crippen molar-refractivity contribution in [2.24, 2.45) is 0 Å². The molecule has 0 spiro atoms. The lowest BCUT2D eigenvalue weighted by atomic mass is 10.2. The highest BCUT2D eigenvalue weighted by Crippen LogP contribution is 2.35. The Hall–Kier alpha value is -2.22. The van der Waals surface area contributed by atoms with Gasteiger partial charge in [-0.1, -0.05) is 61.6 Å². The third kappa shape index (κ3) is 3.83. The summed E-state index contributed by atoms with van der Waals surface area (Å²) < 4.78 is 2.50. The Bertz CT molecular complexity index is 1020. The molecule has 0 radical (unpaired) electrons. The number of nitrogens with zero attached hydrogens (tertiary/aromatic N) is 3. The summed E-state index contributed by atoms with van der Waals surface area (Å²) in [5.74, 6) is -0.00644. The second-order valence-electron chi connectivity index (χ2n) is 6.38. The van der Waals surface area contributed by atoms with Crippen molar-refractivity contribution in [3.8, 4) is 16.3 Å². The Labute approximate surface area is 177 Å². The van der Waals surface area contributed by atoms with Gasteiger partial charge in [0.1, 0.15) is 10.0 Å². The van der Waals surface area contributed by atoms with Gasteiger partial charge in [-0.25, -0.2) is 4.68 Å². The van der Waals surface area contributed by atoms with Crippen LogP contribution in [0.15, 0.2) is 58.9 Å². The molecule has 1 aliphatic rings. The molecule has 7 heteroatoms. The van der Waals surface area contributed by atoms with Crippen LogP contribution in [0.2, 0.25) is 0 Å². The molecule has 0 N–H and O–H groups in total. The van der Waals surface area contributed by atoms with Crippen LogP contribution in [0.4, 0.5) is 0 Å². The number of aromatic nitrogens is 2. The van der Waals surface area contributed by atoms with Gasteiger partial charge in [-0.3, -0.25) is 9.69 Å². The molecule has 1 aliphatic heterocycles. The Morgan fingerprint density at radius 2 is 2.00 bits per heavy atom. The van der Waals surface area contributed by atoms with Crippen molar-refractivity contribution >= 4 is 51.6 Å². The van der Waals surface area contributed by atoms with Gasteiger partial charge in [0.25, 0.3) is 5.91 Å². The van der Waals surface area contributed by atoms with Gasteiger partial charge in [0, 0.05) is 18.3 Å². The van der Waals surface area contributed by atoms with E-state index in [0.717, 1.165) is 34.7 Å². The Morgan fingerprint density at radius 3 is 2.71 bits per heavy atom. The number of thiophene rings is 1. The second-order valence-corrected chi connectivity index (χ2v) is 9.00. The molecule has 1 saturated heterocycles. The van der Waals surface area contributed by atoms with Crippen LogP contribution in [0.25, 0.3) is 22.3 Å². The fourth-order valence-electron chi connectivity index (χ4n) is 2.96. The summed E-state index contributed by atoms with van der Waals surface area (Å²) in [6, 6.07) is 14.0. The van der Waals surface area contributed by atoms with Crippen LogP contribution in [0, 0.1) is 0 Å². The third-order valence-electron chi connectivity index (χ3n) is 4.41. The molecule has 0 aliphatic carbocycles. The lowest BCUT2D eigenvalue weighted by molar-refractivity contribution is -0.122. The number of carbonyl (C=O) groups is 1. The predicted molar refractivity (Wildman–Crippen MR) is 122 cm³/mol. The largest absolute Gasteiger partial charge is 0.293 e. The van der Waals surface area contributed by atoms with E-state index in [-0.39, 0.29) is 5.91 Å². The quantitative estimate of drug-likeness (QED) is 0.380. The molecule has 0 saturated carbocycles. The number of thiocarbonyl (C=S) groups is 1. The SMILES string of the molecule is CCCCN1C(=O)/C(=C/c2cn(-c3ccccc3)nc2-c2cccs2)SC1=S. The number of hydrogen-bond acceptors (Lipinski definition) is 5. The summed E-state index contributed by atoms with van der Waals surface area (Å²) in [4.78, 5) is 16.3. The molecular formula is C21H19N3OS3. The number of rotatable bonds is 6. The molecule has 142 valence electrons. The van der Waals surface area contributed by atoms with Crippen molar-refractivity contribution < 1.29 is 4.79 Å². The van der Waals surface area contributed by atoms with Gasteiger partial charge in [-0.15, -0.1) is 11.3 Å². The van der Waals surface area contributed by atoms with E-state index in [2.05, 4.69) is 6.92 Å². The lowest BCUT2D eigenvalue weighted by Crippen LogP contribution is -2.28. The highest BCUT2D eigenvalue weighted by molar-refractivity contribution is 8.26. The van der Waals surface area contributed by atoms with Gasteiger partial charge in [0.2, 0.25) is 0 Å².